The van der Waals surface area contributed by atoms with Gasteiger partial charge in [0, 0.05) is 12.6 Å². The van der Waals surface area contributed by atoms with E-state index in [-0.39, 0.29) is 13.5 Å². The van der Waals surface area contributed by atoms with Gasteiger partial charge >= 0.3 is 6.09 Å². The van der Waals surface area contributed by atoms with Crippen LogP contribution >= 0.6 is 0 Å². The summed E-state index contributed by atoms with van der Waals surface area (Å²) >= 11 is 0. The molecule has 11 heavy (non-hydrogen) atoms. The van der Waals surface area contributed by atoms with E-state index in [0.29, 0.717) is 6.04 Å². The predicted octanol–water partition coefficient (Wildman–Crippen LogP) is 1.87. The summed E-state index contributed by atoms with van der Waals surface area (Å²) in [5.41, 5.74) is 0. The molecule has 66 valence electrons. The molecule has 0 saturated carbocycles. The van der Waals surface area contributed by atoms with Crippen LogP contribution in [0.3, 0.4) is 0 Å². The van der Waals surface area contributed by atoms with E-state index >= 15 is 0 Å². The third kappa shape index (κ3) is 2.10. The molecule has 1 heterocycles. The summed E-state index contributed by atoms with van der Waals surface area (Å²) in [6, 6.07) is 0.368. The molecule has 0 N–H and O–H groups in total. The zero-order chi connectivity index (χ0) is 7.56. The van der Waals surface area contributed by atoms with E-state index in [1.54, 1.807) is 4.90 Å². The van der Waals surface area contributed by atoms with Crippen molar-refractivity contribution >= 4 is 6.09 Å². The highest BCUT2D eigenvalue weighted by atomic mass is 16.5. The van der Waals surface area contributed by atoms with Crippen LogP contribution in [-0.2, 0) is 4.74 Å². The quantitative estimate of drug-likeness (QED) is 0.540. The Labute approximate surface area is 68.3 Å². The lowest BCUT2D eigenvalue weighted by molar-refractivity contribution is 0.121. The molecule has 1 fully saturated rings. The molecule has 1 aliphatic rings. The highest BCUT2D eigenvalue weighted by Gasteiger charge is 2.25. The van der Waals surface area contributed by atoms with E-state index in [2.05, 4.69) is 4.74 Å². The van der Waals surface area contributed by atoms with Crippen LogP contribution in [0.15, 0.2) is 0 Å². The first-order valence-electron chi connectivity index (χ1n) is 3.60. The van der Waals surface area contributed by atoms with Gasteiger partial charge in [0.1, 0.15) is 0 Å². The monoisotopic (exact) mass is 159 g/mol. The van der Waals surface area contributed by atoms with Gasteiger partial charge in [-0.15, -0.1) is 0 Å². The maximum Gasteiger partial charge on any atom is 0.409 e. The standard InChI is InChI=1S/C7H13NO2.CH4/c1-6-4-3-5-8(6)7(9)10-2;/h6H,3-5H2,1-2H3;1H4. The molecule has 3 nitrogen and oxygen atoms in total. The van der Waals surface area contributed by atoms with Gasteiger partial charge in [0.2, 0.25) is 0 Å². The lowest BCUT2D eigenvalue weighted by Gasteiger charge is -2.18. The maximum atomic E-state index is 10.9. The topological polar surface area (TPSA) is 29.5 Å². The van der Waals surface area contributed by atoms with Crippen molar-refractivity contribution in [1.29, 1.82) is 0 Å². The Bertz CT molecular complexity index is 136. The minimum absolute atomic E-state index is 0. The Morgan fingerprint density at radius 3 is 2.64 bits per heavy atom. The van der Waals surface area contributed by atoms with Crippen molar-refractivity contribution in [2.45, 2.75) is 33.2 Å². The van der Waals surface area contributed by atoms with E-state index in [9.17, 15) is 4.79 Å². The Kier molecular flexibility index (Phi) is 3.93. The van der Waals surface area contributed by atoms with Crippen molar-refractivity contribution in [2.75, 3.05) is 13.7 Å². The van der Waals surface area contributed by atoms with Gasteiger partial charge < -0.3 is 9.64 Å². The van der Waals surface area contributed by atoms with Crippen molar-refractivity contribution in [3.63, 3.8) is 0 Å². The van der Waals surface area contributed by atoms with Gasteiger partial charge in [0.15, 0.2) is 0 Å². The second-order valence-corrected chi connectivity index (χ2v) is 2.65. The molecule has 1 unspecified atom stereocenters. The smallest absolute Gasteiger partial charge is 0.409 e. The molecule has 0 aromatic heterocycles. The molecular formula is C8H17NO2. The van der Waals surface area contributed by atoms with Crippen LogP contribution < -0.4 is 0 Å². The van der Waals surface area contributed by atoms with E-state index < -0.39 is 0 Å². The largest absolute Gasteiger partial charge is 0.453 e. The number of likely N-dealkylation sites (tertiary alicyclic amines) is 1. The van der Waals surface area contributed by atoms with Crippen molar-refractivity contribution in [3.05, 3.63) is 0 Å². The summed E-state index contributed by atoms with van der Waals surface area (Å²) in [7, 11) is 1.42. The molecule has 0 radical (unpaired) electrons. The molecular weight excluding hydrogens is 142 g/mol. The summed E-state index contributed by atoms with van der Waals surface area (Å²) in [4.78, 5) is 12.7. The van der Waals surface area contributed by atoms with Gasteiger partial charge in [-0.05, 0) is 19.8 Å². The third-order valence-electron chi connectivity index (χ3n) is 1.96. The van der Waals surface area contributed by atoms with Gasteiger partial charge in [-0.2, -0.15) is 0 Å². The first-order valence-corrected chi connectivity index (χ1v) is 3.60. The molecule has 1 saturated heterocycles. The van der Waals surface area contributed by atoms with E-state index in [1.807, 2.05) is 6.92 Å². The second-order valence-electron chi connectivity index (χ2n) is 2.65. The molecule has 0 aromatic carbocycles. The average Bonchev–Trinajstić information content (AvgIpc) is 2.34. The fourth-order valence-electron chi connectivity index (χ4n) is 1.32. The molecule has 0 bridgehead atoms. The van der Waals surface area contributed by atoms with Crippen molar-refractivity contribution in [3.8, 4) is 0 Å². The number of hydrogen-bond acceptors (Lipinski definition) is 2. The lowest BCUT2D eigenvalue weighted by atomic mass is 10.2. The van der Waals surface area contributed by atoms with Crippen LogP contribution in [0.25, 0.3) is 0 Å². The normalized spacial score (nSPS) is 22.7. The van der Waals surface area contributed by atoms with Crippen LogP contribution in [0.2, 0.25) is 0 Å². The minimum Gasteiger partial charge on any atom is -0.453 e. The van der Waals surface area contributed by atoms with Crippen molar-refractivity contribution < 1.29 is 9.53 Å². The van der Waals surface area contributed by atoms with E-state index in [4.69, 9.17) is 0 Å². The molecule has 1 aliphatic heterocycles. The van der Waals surface area contributed by atoms with Gasteiger partial charge in [-0.25, -0.2) is 4.79 Å². The van der Waals surface area contributed by atoms with E-state index in [0.717, 1.165) is 19.4 Å². The van der Waals surface area contributed by atoms with Gasteiger partial charge in [0.25, 0.3) is 0 Å². The van der Waals surface area contributed by atoms with Gasteiger partial charge in [-0.3, -0.25) is 0 Å². The molecule has 1 amide bonds. The molecule has 1 rings (SSSR count). The molecule has 3 heteroatoms. The number of methoxy groups -OCH3 is 1. The van der Waals surface area contributed by atoms with Crippen LogP contribution in [-0.4, -0.2) is 30.7 Å². The summed E-state index contributed by atoms with van der Waals surface area (Å²) in [5.74, 6) is 0. The number of ether oxygens (including phenoxy) is 1. The Morgan fingerprint density at radius 2 is 2.27 bits per heavy atom. The summed E-state index contributed by atoms with van der Waals surface area (Å²) in [6.45, 7) is 2.90. The Morgan fingerprint density at radius 1 is 1.64 bits per heavy atom. The minimum atomic E-state index is -0.190. The van der Waals surface area contributed by atoms with Crippen LogP contribution in [0, 0.1) is 0 Å². The Hall–Kier alpha value is -0.730. The number of amides is 1. The lowest BCUT2D eigenvalue weighted by Crippen LogP contribution is -2.33. The SMILES string of the molecule is C.COC(=O)N1CCCC1C. The predicted molar refractivity (Wildman–Crippen MR) is 44.5 cm³/mol. The molecule has 0 spiro atoms. The molecule has 0 aromatic rings. The first-order chi connectivity index (χ1) is 4.75. The summed E-state index contributed by atoms with van der Waals surface area (Å²) in [6.07, 6.45) is 2.02. The maximum absolute atomic E-state index is 10.9. The van der Waals surface area contributed by atoms with Crippen LogP contribution in [0.5, 0.6) is 0 Å². The van der Waals surface area contributed by atoms with Gasteiger partial charge in [-0.1, -0.05) is 7.43 Å². The first kappa shape index (κ1) is 10.3. The molecule has 1 atom stereocenters. The van der Waals surface area contributed by atoms with Gasteiger partial charge in [0.05, 0.1) is 7.11 Å². The fraction of sp³-hybridized carbons (Fsp3) is 0.875. The zero-order valence-corrected chi connectivity index (χ0v) is 6.46. The number of rotatable bonds is 0. The highest BCUT2D eigenvalue weighted by molar-refractivity contribution is 5.68. The number of carbonyl (C=O) groups is 1. The molecule has 0 aliphatic carbocycles. The van der Waals surface area contributed by atoms with E-state index in [1.165, 1.54) is 7.11 Å². The third-order valence-corrected chi connectivity index (χ3v) is 1.96. The average molecular weight is 159 g/mol. The second kappa shape index (κ2) is 4.21. The Balaban J connectivity index is 0.000001000. The van der Waals surface area contributed by atoms with Crippen molar-refractivity contribution in [2.24, 2.45) is 0 Å². The highest BCUT2D eigenvalue weighted by Crippen LogP contribution is 2.16. The summed E-state index contributed by atoms with van der Waals surface area (Å²) < 4.78 is 4.59. The number of nitrogens with zero attached hydrogens (tertiary/aromatic N) is 1. The zero-order valence-electron chi connectivity index (χ0n) is 6.46. The van der Waals surface area contributed by atoms with Crippen LogP contribution in [0.1, 0.15) is 27.2 Å². The van der Waals surface area contributed by atoms with Crippen molar-refractivity contribution in [1.82, 2.24) is 4.90 Å². The van der Waals surface area contributed by atoms with Crippen LogP contribution in [0.4, 0.5) is 4.79 Å². The number of carbonyl (C=O) groups excluding carboxylic acids is 1. The number of hydrogen-bond donors (Lipinski definition) is 0. The summed E-state index contributed by atoms with van der Waals surface area (Å²) in [5, 5.41) is 0. The fourth-order valence-corrected chi connectivity index (χ4v) is 1.32.